The van der Waals surface area contributed by atoms with Crippen LogP contribution in [-0.2, 0) is 16.9 Å². The third-order valence-corrected chi connectivity index (χ3v) is 7.81. The lowest BCUT2D eigenvalue weighted by Crippen LogP contribution is -2.30. The van der Waals surface area contributed by atoms with Gasteiger partial charge in [-0.05, 0) is 73.8 Å². The Morgan fingerprint density at radius 3 is 2.67 bits per heavy atom. The molecule has 1 aliphatic heterocycles. The van der Waals surface area contributed by atoms with Crippen molar-refractivity contribution in [3.63, 3.8) is 0 Å². The average molecular weight is 545 g/mol. The van der Waals surface area contributed by atoms with Gasteiger partial charge in [0, 0.05) is 39.7 Å². The molecule has 8 nitrogen and oxygen atoms in total. The number of aromatic nitrogens is 3. The van der Waals surface area contributed by atoms with Crippen LogP contribution in [0.25, 0.3) is 44.0 Å². The Morgan fingerprint density at radius 2 is 1.95 bits per heavy atom. The van der Waals surface area contributed by atoms with E-state index in [9.17, 15) is 17.1 Å². The van der Waals surface area contributed by atoms with Gasteiger partial charge in [0.15, 0.2) is 11.2 Å². The molecule has 3 aromatic heterocycles. The standard InChI is InChI=1S/C29H25FN4O4S/c1-3-17-5-6-22-25(11-17)33-29-27(22)28(35)24-13-18(4-2)23(14-26(24)34(29)20-7-9-31-10-8-20)19-12-21(16-32-15-19)38-39(30,36)37/h1,5-6,11-16,20,31,33H,4,7-10H2,2H3. The van der Waals surface area contributed by atoms with E-state index in [2.05, 4.69) is 30.0 Å². The first-order valence-corrected chi connectivity index (χ1v) is 14.0. The first kappa shape index (κ1) is 25.1. The van der Waals surface area contributed by atoms with E-state index in [-0.39, 0.29) is 17.2 Å². The molecule has 0 amide bonds. The molecule has 0 atom stereocenters. The maximum atomic E-state index is 14.1. The predicted octanol–water partition coefficient (Wildman–Crippen LogP) is 4.76. The third kappa shape index (κ3) is 4.43. The molecule has 2 N–H and O–H groups in total. The number of aryl methyl sites for hydroxylation is 1. The number of H-pyrrole nitrogens is 1. The number of nitrogens with one attached hydrogen (secondary N) is 2. The molecule has 4 heterocycles. The van der Waals surface area contributed by atoms with Gasteiger partial charge >= 0.3 is 10.5 Å². The quantitative estimate of drug-likeness (QED) is 0.244. The zero-order chi connectivity index (χ0) is 27.3. The molecule has 1 fully saturated rings. The number of piperidine rings is 1. The van der Waals surface area contributed by atoms with Crippen LogP contribution in [0.4, 0.5) is 3.89 Å². The summed E-state index contributed by atoms with van der Waals surface area (Å²) in [6.45, 7) is 3.67. The minimum absolute atomic E-state index is 0.0788. The Balaban J connectivity index is 1.69. The number of terminal acetylenes is 1. The number of hydrogen-bond donors (Lipinski definition) is 2. The van der Waals surface area contributed by atoms with Crippen molar-refractivity contribution in [2.24, 2.45) is 0 Å². The molecule has 6 rings (SSSR count). The molecule has 0 aliphatic carbocycles. The minimum Gasteiger partial charge on any atom is -0.357 e. The van der Waals surface area contributed by atoms with E-state index in [1.807, 2.05) is 37.3 Å². The van der Waals surface area contributed by atoms with Gasteiger partial charge in [0.2, 0.25) is 0 Å². The molecular formula is C29H25FN4O4S. The van der Waals surface area contributed by atoms with Crippen LogP contribution >= 0.6 is 0 Å². The molecule has 1 aliphatic rings. The lowest BCUT2D eigenvalue weighted by Gasteiger charge is -2.28. The van der Waals surface area contributed by atoms with Crippen LogP contribution in [0.2, 0.25) is 0 Å². The summed E-state index contributed by atoms with van der Waals surface area (Å²) >= 11 is 0. The van der Waals surface area contributed by atoms with Crippen LogP contribution in [0.15, 0.2) is 53.6 Å². The molecule has 39 heavy (non-hydrogen) atoms. The van der Waals surface area contributed by atoms with E-state index in [0.717, 1.165) is 70.9 Å². The van der Waals surface area contributed by atoms with E-state index >= 15 is 0 Å². The van der Waals surface area contributed by atoms with Gasteiger partial charge in [0.1, 0.15) is 5.65 Å². The summed E-state index contributed by atoms with van der Waals surface area (Å²) < 4.78 is 42.0. The van der Waals surface area contributed by atoms with Gasteiger partial charge in [0.25, 0.3) is 0 Å². The summed E-state index contributed by atoms with van der Waals surface area (Å²) in [6.07, 6.45) is 10.7. The average Bonchev–Trinajstić information content (AvgIpc) is 3.31. The monoisotopic (exact) mass is 544 g/mol. The number of halogens is 1. The smallest absolute Gasteiger partial charge is 0.357 e. The highest BCUT2D eigenvalue weighted by molar-refractivity contribution is 7.81. The second-order valence-electron chi connectivity index (χ2n) is 9.70. The SMILES string of the molecule is C#Cc1ccc2c(c1)[nH]c1c2c(=O)c2cc(CC)c(-c3cncc(OS(=O)(=O)F)c3)cc2n1C1CCNCC1. The van der Waals surface area contributed by atoms with Crippen molar-refractivity contribution >= 4 is 43.3 Å². The van der Waals surface area contributed by atoms with Crippen molar-refractivity contribution in [1.29, 1.82) is 0 Å². The Bertz CT molecular complexity index is 1980. The van der Waals surface area contributed by atoms with Gasteiger partial charge in [-0.25, -0.2) is 0 Å². The van der Waals surface area contributed by atoms with E-state index in [4.69, 9.17) is 6.42 Å². The van der Waals surface area contributed by atoms with Gasteiger partial charge in [-0.2, -0.15) is 8.42 Å². The fourth-order valence-corrected chi connectivity index (χ4v) is 6.01. The fraction of sp³-hybridized carbons (Fsp3) is 0.241. The Kier molecular flexibility index (Phi) is 6.13. The number of fused-ring (bicyclic) bond motifs is 4. The summed E-state index contributed by atoms with van der Waals surface area (Å²) in [4.78, 5) is 21.6. The molecule has 1 saturated heterocycles. The molecule has 10 heteroatoms. The first-order valence-electron chi connectivity index (χ1n) is 12.7. The molecule has 0 unspecified atom stereocenters. The van der Waals surface area contributed by atoms with E-state index in [1.54, 1.807) is 6.20 Å². The molecule has 0 spiro atoms. The molecule has 0 bridgehead atoms. The Hall–Kier alpha value is -4.20. The topological polar surface area (TPSA) is 106 Å². The highest BCUT2D eigenvalue weighted by Gasteiger charge is 2.24. The zero-order valence-corrected chi connectivity index (χ0v) is 21.9. The summed E-state index contributed by atoms with van der Waals surface area (Å²) in [5, 5.41) is 5.44. The lowest BCUT2D eigenvalue weighted by molar-refractivity contribution is 0.381. The number of benzene rings is 2. The van der Waals surface area contributed by atoms with Gasteiger partial charge in [-0.1, -0.05) is 22.8 Å². The molecule has 0 saturated carbocycles. The number of rotatable bonds is 5. The highest BCUT2D eigenvalue weighted by atomic mass is 32.3. The molecular weight excluding hydrogens is 519 g/mol. The van der Waals surface area contributed by atoms with Crippen LogP contribution in [-0.4, -0.2) is 36.0 Å². The second-order valence-corrected chi connectivity index (χ2v) is 10.7. The molecule has 2 aromatic carbocycles. The van der Waals surface area contributed by atoms with E-state index in [0.29, 0.717) is 22.8 Å². The van der Waals surface area contributed by atoms with Crippen molar-refractivity contribution in [1.82, 2.24) is 19.9 Å². The molecule has 0 radical (unpaired) electrons. The highest BCUT2D eigenvalue weighted by Crippen LogP contribution is 2.36. The van der Waals surface area contributed by atoms with Crippen LogP contribution < -0.4 is 14.9 Å². The molecule has 5 aromatic rings. The second kappa shape index (κ2) is 9.52. The largest absolute Gasteiger partial charge is 0.488 e. The van der Waals surface area contributed by atoms with Crippen molar-refractivity contribution in [3.05, 3.63) is 70.1 Å². The summed E-state index contributed by atoms with van der Waals surface area (Å²) in [5.74, 6) is 2.42. The van der Waals surface area contributed by atoms with Crippen molar-refractivity contribution in [3.8, 4) is 29.2 Å². The first-order chi connectivity index (χ1) is 18.8. The van der Waals surface area contributed by atoms with Gasteiger partial charge in [-0.3, -0.25) is 9.78 Å². The zero-order valence-electron chi connectivity index (χ0n) is 21.1. The van der Waals surface area contributed by atoms with Crippen molar-refractivity contribution < 1.29 is 16.5 Å². The van der Waals surface area contributed by atoms with Crippen LogP contribution in [0.1, 0.15) is 36.9 Å². The van der Waals surface area contributed by atoms with Crippen LogP contribution in [0, 0.1) is 12.3 Å². The van der Waals surface area contributed by atoms with E-state index in [1.165, 1.54) is 6.07 Å². The number of aromatic amines is 1. The fourth-order valence-electron chi connectivity index (χ4n) is 5.69. The lowest BCUT2D eigenvalue weighted by atomic mass is 9.95. The number of pyridine rings is 2. The summed E-state index contributed by atoms with van der Waals surface area (Å²) in [7, 11) is -5.20. The van der Waals surface area contributed by atoms with Gasteiger partial charge in [-0.15, -0.1) is 6.42 Å². The summed E-state index contributed by atoms with van der Waals surface area (Å²) in [5.41, 5.74) is 5.10. The number of hydrogen-bond acceptors (Lipinski definition) is 6. The Labute approximate surface area is 224 Å². The Morgan fingerprint density at radius 1 is 1.15 bits per heavy atom. The minimum atomic E-state index is -5.20. The van der Waals surface area contributed by atoms with Crippen molar-refractivity contribution in [2.75, 3.05) is 13.1 Å². The van der Waals surface area contributed by atoms with Crippen molar-refractivity contribution in [2.45, 2.75) is 32.2 Å². The van der Waals surface area contributed by atoms with Crippen LogP contribution in [0.5, 0.6) is 5.75 Å². The van der Waals surface area contributed by atoms with E-state index < -0.39 is 10.5 Å². The molecule has 198 valence electrons. The van der Waals surface area contributed by atoms with Gasteiger partial charge < -0.3 is 19.1 Å². The maximum Gasteiger partial charge on any atom is 0.488 e. The normalized spacial score (nSPS) is 14.7. The van der Waals surface area contributed by atoms with Crippen LogP contribution in [0.3, 0.4) is 0 Å². The summed E-state index contributed by atoms with van der Waals surface area (Å²) in [6, 6.07) is 11.0. The maximum absolute atomic E-state index is 14.1. The third-order valence-electron chi connectivity index (χ3n) is 7.41. The number of nitrogens with zero attached hydrogens (tertiary/aromatic N) is 2. The van der Waals surface area contributed by atoms with Gasteiger partial charge in [0.05, 0.1) is 17.1 Å². The predicted molar refractivity (Wildman–Crippen MR) is 150 cm³/mol.